The van der Waals surface area contributed by atoms with Crippen molar-refractivity contribution in [3.8, 4) is 0 Å². The van der Waals surface area contributed by atoms with Crippen LogP contribution >= 0.6 is 0 Å². The highest BCUT2D eigenvalue weighted by atomic mass is 16.4. The summed E-state index contributed by atoms with van der Waals surface area (Å²) in [5.74, 6) is -0.911. The Balaban J connectivity index is 3.11. The summed E-state index contributed by atoms with van der Waals surface area (Å²) < 4.78 is 0. The van der Waals surface area contributed by atoms with Crippen LogP contribution < -0.4 is 0 Å². The van der Waals surface area contributed by atoms with E-state index in [1.807, 2.05) is 13.8 Å². The van der Waals surface area contributed by atoms with E-state index in [1.54, 1.807) is 0 Å². The fourth-order valence-electron chi connectivity index (χ4n) is 2.71. The zero-order chi connectivity index (χ0) is 14.3. The Morgan fingerprint density at radius 1 is 1.05 bits per heavy atom. The van der Waals surface area contributed by atoms with Gasteiger partial charge in [0, 0.05) is 22.7 Å². The predicted octanol–water partition coefficient (Wildman–Crippen LogP) is 3.73. The first-order chi connectivity index (χ1) is 8.90. The molecule has 0 saturated heterocycles. The van der Waals surface area contributed by atoms with Gasteiger partial charge in [-0.3, -0.25) is 4.98 Å². The smallest absolute Gasteiger partial charge is 0.337 e. The maximum Gasteiger partial charge on any atom is 0.337 e. The van der Waals surface area contributed by atoms with Crippen molar-refractivity contribution in [2.45, 2.75) is 41.0 Å². The molecule has 0 atom stereocenters. The number of aromatic carboxylic acids is 1. The van der Waals surface area contributed by atoms with Crippen LogP contribution in [0.4, 0.5) is 0 Å². The maximum atomic E-state index is 11.4. The van der Waals surface area contributed by atoms with E-state index in [0.29, 0.717) is 5.56 Å². The summed E-state index contributed by atoms with van der Waals surface area (Å²) in [7, 11) is 0. The minimum Gasteiger partial charge on any atom is -0.478 e. The van der Waals surface area contributed by atoms with Gasteiger partial charge >= 0.3 is 5.97 Å². The van der Waals surface area contributed by atoms with Gasteiger partial charge in [-0.15, -0.1) is 0 Å². The summed E-state index contributed by atoms with van der Waals surface area (Å²) in [4.78, 5) is 15.8. The fraction of sp³-hybridized carbons (Fsp3) is 0.375. The molecular formula is C16H19NO2. The number of nitrogens with zero attached hydrogens (tertiary/aromatic N) is 1. The molecule has 3 nitrogen and oxygen atoms in total. The molecule has 1 aromatic carbocycles. The van der Waals surface area contributed by atoms with Crippen molar-refractivity contribution in [1.82, 2.24) is 4.98 Å². The molecule has 2 aromatic rings. The van der Waals surface area contributed by atoms with Gasteiger partial charge in [-0.2, -0.15) is 0 Å². The number of aromatic nitrogens is 1. The van der Waals surface area contributed by atoms with Crippen molar-refractivity contribution in [3.63, 3.8) is 0 Å². The van der Waals surface area contributed by atoms with E-state index < -0.39 is 5.97 Å². The first-order valence-corrected chi connectivity index (χ1v) is 6.51. The topological polar surface area (TPSA) is 50.2 Å². The lowest BCUT2D eigenvalue weighted by atomic mass is 9.88. The molecule has 100 valence electrons. The van der Waals surface area contributed by atoms with Crippen molar-refractivity contribution < 1.29 is 9.90 Å². The monoisotopic (exact) mass is 257 g/mol. The van der Waals surface area contributed by atoms with E-state index >= 15 is 0 Å². The molecule has 0 amide bonds. The molecule has 3 heteroatoms. The third kappa shape index (κ3) is 1.89. The highest BCUT2D eigenvalue weighted by Crippen LogP contribution is 2.33. The third-order valence-corrected chi connectivity index (χ3v) is 4.16. The predicted molar refractivity (Wildman–Crippen MR) is 77.0 cm³/mol. The quantitative estimate of drug-likeness (QED) is 0.891. The van der Waals surface area contributed by atoms with Crippen LogP contribution in [0.25, 0.3) is 10.8 Å². The van der Waals surface area contributed by atoms with E-state index in [4.69, 9.17) is 0 Å². The molecule has 1 N–H and O–H groups in total. The Kier molecular flexibility index (Phi) is 3.31. The van der Waals surface area contributed by atoms with Gasteiger partial charge in [0.2, 0.25) is 0 Å². The molecule has 0 saturated carbocycles. The average Bonchev–Trinajstić information content (AvgIpc) is 2.40. The first-order valence-electron chi connectivity index (χ1n) is 6.51. The molecule has 19 heavy (non-hydrogen) atoms. The SMILES string of the molecule is CCc1ncc(C(=O)O)c2c(C)c(C)c(C)c(C)c12. The Morgan fingerprint density at radius 2 is 1.58 bits per heavy atom. The summed E-state index contributed by atoms with van der Waals surface area (Å²) in [5.41, 5.74) is 5.86. The molecule has 0 aliphatic carbocycles. The average molecular weight is 257 g/mol. The minimum absolute atomic E-state index is 0.302. The lowest BCUT2D eigenvalue weighted by Gasteiger charge is -2.17. The molecule has 0 aliphatic heterocycles. The van der Waals surface area contributed by atoms with Gasteiger partial charge in [0.1, 0.15) is 0 Å². The lowest BCUT2D eigenvalue weighted by Crippen LogP contribution is -2.06. The number of hydrogen-bond acceptors (Lipinski definition) is 2. The van der Waals surface area contributed by atoms with Crippen molar-refractivity contribution in [1.29, 1.82) is 0 Å². The van der Waals surface area contributed by atoms with E-state index in [0.717, 1.165) is 34.0 Å². The zero-order valence-corrected chi connectivity index (χ0v) is 12.1. The van der Waals surface area contributed by atoms with Gasteiger partial charge in [0.25, 0.3) is 0 Å². The van der Waals surface area contributed by atoms with Gasteiger partial charge in [-0.1, -0.05) is 6.92 Å². The number of fused-ring (bicyclic) bond motifs is 1. The summed E-state index contributed by atoms with van der Waals surface area (Å²) in [6.07, 6.45) is 2.30. The third-order valence-electron chi connectivity index (χ3n) is 4.16. The van der Waals surface area contributed by atoms with Gasteiger partial charge in [-0.05, 0) is 56.4 Å². The molecule has 1 aromatic heterocycles. The summed E-state index contributed by atoms with van der Waals surface area (Å²) in [6, 6.07) is 0. The number of carboxylic acids is 1. The van der Waals surface area contributed by atoms with Crippen LogP contribution in [0.3, 0.4) is 0 Å². The number of carboxylic acid groups (broad SMARTS) is 1. The van der Waals surface area contributed by atoms with E-state index in [1.165, 1.54) is 17.3 Å². The second-order valence-electron chi connectivity index (χ2n) is 5.03. The molecule has 0 unspecified atom stereocenters. The Morgan fingerprint density at radius 3 is 2.05 bits per heavy atom. The zero-order valence-electron chi connectivity index (χ0n) is 12.1. The standard InChI is InChI=1S/C16H19NO2/c1-6-13-15-11(5)9(3)8(2)10(4)14(15)12(7-17-13)16(18)19/h7H,6H2,1-5H3,(H,18,19). The second-order valence-corrected chi connectivity index (χ2v) is 5.03. The maximum absolute atomic E-state index is 11.4. The first kappa shape index (κ1) is 13.5. The Labute approximate surface area is 113 Å². The van der Waals surface area contributed by atoms with Crippen molar-refractivity contribution in [2.75, 3.05) is 0 Å². The van der Waals surface area contributed by atoms with Crippen LogP contribution in [0.5, 0.6) is 0 Å². The summed E-state index contributed by atoms with van der Waals surface area (Å²) >= 11 is 0. The molecule has 0 spiro atoms. The summed E-state index contributed by atoms with van der Waals surface area (Å²) in [5, 5.41) is 11.2. The van der Waals surface area contributed by atoms with E-state index in [2.05, 4.69) is 25.8 Å². The van der Waals surface area contributed by atoms with Gasteiger partial charge in [-0.25, -0.2) is 4.79 Å². The number of aryl methyl sites for hydroxylation is 3. The molecule has 0 aliphatic rings. The minimum atomic E-state index is -0.911. The van der Waals surface area contributed by atoms with Gasteiger partial charge in [0.05, 0.1) is 5.56 Å². The van der Waals surface area contributed by atoms with Crippen LogP contribution in [0.2, 0.25) is 0 Å². The summed E-state index contributed by atoms with van der Waals surface area (Å²) in [6.45, 7) is 10.2. The van der Waals surface area contributed by atoms with E-state index in [9.17, 15) is 9.90 Å². The Bertz CT molecular complexity index is 687. The molecule has 0 bridgehead atoms. The number of carbonyl (C=O) groups is 1. The van der Waals surface area contributed by atoms with Crippen molar-refractivity contribution in [3.05, 3.63) is 39.7 Å². The van der Waals surface area contributed by atoms with Crippen LogP contribution in [-0.2, 0) is 6.42 Å². The number of benzene rings is 1. The van der Waals surface area contributed by atoms with E-state index in [-0.39, 0.29) is 0 Å². The van der Waals surface area contributed by atoms with Gasteiger partial charge in [0.15, 0.2) is 0 Å². The van der Waals surface area contributed by atoms with Crippen LogP contribution in [0.1, 0.15) is 45.2 Å². The van der Waals surface area contributed by atoms with Crippen LogP contribution in [0, 0.1) is 27.7 Å². The van der Waals surface area contributed by atoms with Crippen LogP contribution in [-0.4, -0.2) is 16.1 Å². The fourth-order valence-corrected chi connectivity index (χ4v) is 2.71. The normalized spacial score (nSPS) is 11.0. The number of rotatable bonds is 2. The highest BCUT2D eigenvalue weighted by molar-refractivity contribution is 6.07. The lowest BCUT2D eigenvalue weighted by molar-refractivity contribution is 0.0698. The second kappa shape index (κ2) is 4.65. The van der Waals surface area contributed by atoms with Crippen LogP contribution in [0.15, 0.2) is 6.20 Å². The number of pyridine rings is 1. The van der Waals surface area contributed by atoms with Crippen molar-refractivity contribution >= 4 is 16.7 Å². The molecule has 2 rings (SSSR count). The highest BCUT2D eigenvalue weighted by Gasteiger charge is 2.18. The molecule has 0 fully saturated rings. The molecular weight excluding hydrogens is 238 g/mol. The largest absolute Gasteiger partial charge is 0.478 e. The molecule has 0 radical (unpaired) electrons. The number of hydrogen-bond donors (Lipinski definition) is 1. The van der Waals surface area contributed by atoms with Gasteiger partial charge < -0.3 is 5.11 Å². The Hall–Kier alpha value is -1.90. The van der Waals surface area contributed by atoms with Crippen molar-refractivity contribution in [2.24, 2.45) is 0 Å². The molecule has 1 heterocycles.